The molecule has 28 heavy (non-hydrogen) atoms. The van der Waals surface area contributed by atoms with E-state index in [-0.39, 0.29) is 11.6 Å². The number of nitrogens with zero attached hydrogens (tertiary/aromatic N) is 3. The zero-order valence-electron chi connectivity index (χ0n) is 14.5. The number of carbonyl (C=O) groups excluding carboxylic acids is 1. The van der Waals surface area contributed by atoms with Gasteiger partial charge in [0.15, 0.2) is 0 Å². The average molecular weight is 456 g/mol. The van der Waals surface area contributed by atoms with Crippen LogP contribution >= 0.6 is 27.7 Å². The molecule has 1 amide bonds. The lowest BCUT2D eigenvalue weighted by atomic mass is 10.1. The summed E-state index contributed by atoms with van der Waals surface area (Å²) in [6.45, 7) is 0.505. The summed E-state index contributed by atoms with van der Waals surface area (Å²) < 4.78 is 0.886. The number of pyridine rings is 1. The third-order valence-electron chi connectivity index (χ3n) is 4.45. The van der Waals surface area contributed by atoms with Crippen LogP contribution in [0.1, 0.15) is 15.9 Å². The fraction of sp³-hybridized carbons (Fsp3) is 0.100. The lowest BCUT2D eigenvalue weighted by Crippen LogP contribution is -2.29. The minimum absolute atomic E-state index is 0.0137. The Labute approximate surface area is 173 Å². The number of nitro benzene ring substituents is 1. The van der Waals surface area contributed by atoms with Crippen LogP contribution in [0.3, 0.4) is 0 Å². The first-order valence-corrected chi connectivity index (χ1v) is 10.1. The highest BCUT2D eigenvalue weighted by molar-refractivity contribution is 9.10. The molecule has 6 nitrogen and oxygen atoms in total. The maximum Gasteiger partial charge on any atom is 0.271 e. The Bertz CT molecular complexity index is 1070. The van der Waals surface area contributed by atoms with Crippen molar-refractivity contribution in [2.75, 3.05) is 11.4 Å². The Morgan fingerprint density at radius 3 is 2.75 bits per heavy atom. The van der Waals surface area contributed by atoms with Gasteiger partial charge in [-0.2, -0.15) is 0 Å². The Hall–Kier alpha value is -2.71. The second kappa shape index (κ2) is 7.73. The molecule has 0 N–H and O–H groups in total. The first-order chi connectivity index (χ1) is 13.5. The zero-order valence-corrected chi connectivity index (χ0v) is 16.9. The van der Waals surface area contributed by atoms with Crippen LogP contribution in [0.25, 0.3) is 0 Å². The van der Waals surface area contributed by atoms with E-state index >= 15 is 0 Å². The van der Waals surface area contributed by atoms with E-state index in [0.717, 1.165) is 20.0 Å². The van der Waals surface area contributed by atoms with Gasteiger partial charge in [-0.25, -0.2) is 4.98 Å². The molecule has 0 bridgehead atoms. The quantitative estimate of drug-likeness (QED) is 0.403. The summed E-state index contributed by atoms with van der Waals surface area (Å²) in [5.41, 5.74) is 2.09. The van der Waals surface area contributed by atoms with Crippen LogP contribution in [0.4, 0.5) is 11.4 Å². The second-order valence-corrected chi connectivity index (χ2v) is 8.17. The van der Waals surface area contributed by atoms with Crippen LogP contribution in [0.5, 0.6) is 0 Å². The molecule has 3 aromatic rings. The number of benzene rings is 2. The van der Waals surface area contributed by atoms with E-state index < -0.39 is 4.92 Å². The van der Waals surface area contributed by atoms with Gasteiger partial charge in [0, 0.05) is 34.2 Å². The summed E-state index contributed by atoms with van der Waals surface area (Å²) >= 11 is 4.78. The minimum atomic E-state index is -0.440. The Morgan fingerprint density at radius 1 is 1.18 bits per heavy atom. The summed E-state index contributed by atoms with van der Waals surface area (Å²) in [6, 6.07) is 15.8. The fourth-order valence-electron chi connectivity index (χ4n) is 3.11. The molecule has 8 heteroatoms. The molecule has 1 aliphatic rings. The molecule has 0 radical (unpaired) electrons. The number of amides is 1. The number of carbonyl (C=O) groups is 1. The van der Waals surface area contributed by atoms with E-state index in [4.69, 9.17) is 0 Å². The van der Waals surface area contributed by atoms with Crippen molar-refractivity contribution >= 4 is 45.0 Å². The lowest BCUT2D eigenvalue weighted by Gasteiger charge is -2.19. The monoisotopic (exact) mass is 455 g/mol. The summed E-state index contributed by atoms with van der Waals surface area (Å²) in [5.74, 6) is -0.167. The summed E-state index contributed by atoms with van der Waals surface area (Å²) in [7, 11) is 0. The number of non-ortho nitro benzene ring substituents is 1. The van der Waals surface area contributed by atoms with E-state index in [1.54, 1.807) is 23.2 Å². The Kier molecular flexibility index (Phi) is 5.15. The molecule has 1 aliphatic heterocycles. The first-order valence-electron chi connectivity index (χ1n) is 8.50. The molecule has 0 aliphatic carbocycles. The van der Waals surface area contributed by atoms with E-state index in [1.165, 1.54) is 23.9 Å². The van der Waals surface area contributed by atoms with E-state index in [1.807, 2.05) is 30.3 Å². The van der Waals surface area contributed by atoms with E-state index in [0.29, 0.717) is 24.2 Å². The number of rotatable bonds is 4. The predicted molar refractivity (Wildman–Crippen MR) is 111 cm³/mol. The van der Waals surface area contributed by atoms with Gasteiger partial charge in [0.1, 0.15) is 5.03 Å². The molecule has 0 fully saturated rings. The molecule has 0 saturated carbocycles. The third-order valence-corrected chi connectivity index (χ3v) is 5.95. The van der Waals surface area contributed by atoms with Gasteiger partial charge in [-0.05, 0) is 52.2 Å². The number of fused-ring (bicyclic) bond motifs is 1. The van der Waals surface area contributed by atoms with Gasteiger partial charge < -0.3 is 4.90 Å². The van der Waals surface area contributed by atoms with Gasteiger partial charge in [-0.3, -0.25) is 14.9 Å². The number of hydrogen-bond acceptors (Lipinski definition) is 5. The van der Waals surface area contributed by atoms with E-state index in [2.05, 4.69) is 20.9 Å². The van der Waals surface area contributed by atoms with Crippen LogP contribution in [-0.2, 0) is 6.42 Å². The first kappa shape index (κ1) is 18.6. The van der Waals surface area contributed by atoms with Crippen molar-refractivity contribution in [2.45, 2.75) is 16.3 Å². The SMILES string of the molecule is O=C(c1ccccc1Sc1ccc(Br)cn1)N1CCc2ccc([N+](=O)[O-])cc21. The highest BCUT2D eigenvalue weighted by Crippen LogP contribution is 2.35. The molecule has 2 heterocycles. The highest BCUT2D eigenvalue weighted by Gasteiger charge is 2.28. The molecule has 140 valence electrons. The summed E-state index contributed by atoms with van der Waals surface area (Å²) in [6.07, 6.45) is 2.39. The average Bonchev–Trinajstić information content (AvgIpc) is 3.13. The number of anilines is 1. The maximum atomic E-state index is 13.3. The van der Waals surface area contributed by atoms with Crippen molar-refractivity contribution in [3.05, 3.63) is 86.5 Å². The Morgan fingerprint density at radius 2 is 2.00 bits per heavy atom. The zero-order chi connectivity index (χ0) is 19.7. The molecule has 0 spiro atoms. The van der Waals surface area contributed by atoms with Gasteiger partial charge in [-0.1, -0.05) is 30.0 Å². The molecular weight excluding hydrogens is 442 g/mol. The van der Waals surface area contributed by atoms with Crippen molar-refractivity contribution in [1.29, 1.82) is 0 Å². The predicted octanol–water partition coefficient (Wildman–Crippen LogP) is 5.11. The van der Waals surface area contributed by atoms with Crippen LogP contribution in [0.2, 0.25) is 0 Å². The fourth-order valence-corrected chi connectivity index (χ4v) is 4.22. The van der Waals surface area contributed by atoms with Crippen molar-refractivity contribution in [1.82, 2.24) is 4.98 Å². The van der Waals surface area contributed by atoms with Crippen LogP contribution in [-0.4, -0.2) is 22.4 Å². The third kappa shape index (κ3) is 3.65. The molecule has 2 aromatic carbocycles. The number of hydrogen-bond donors (Lipinski definition) is 0. The van der Waals surface area contributed by atoms with Crippen molar-refractivity contribution in [2.24, 2.45) is 0 Å². The van der Waals surface area contributed by atoms with Crippen LogP contribution in [0, 0.1) is 10.1 Å². The molecule has 4 rings (SSSR count). The normalized spacial score (nSPS) is 12.7. The van der Waals surface area contributed by atoms with Gasteiger partial charge in [0.05, 0.1) is 16.2 Å². The van der Waals surface area contributed by atoms with Crippen LogP contribution < -0.4 is 4.90 Å². The van der Waals surface area contributed by atoms with Gasteiger partial charge in [-0.15, -0.1) is 0 Å². The molecule has 0 unspecified atom stereocenters. The van der Waals surface area contributed by atoms with Gasteiger partial charge in [0.25, 0.3) is 11.6 Å². The second-order valence-electron chi connectivity index (χ2n) is 6.19. The Balaban J connectivity index is 1.66. The number of aromatic nitrogens is 1. The van der Waals surface area contributed by atoms with E-state index in [9.17, 15) is 14.9 Å². The molecule has 0 saturated heterocycles. The van der Waals surface area contributed by atoms with Gasteiger partial charge in [0.2, 0.25) is 0 Å². The van der Waals surface area contributed by atoms with Crippen LogP contribution in [0.15, 0.2) is 75.2 Å². The number of nitro groups is 1. The molecule has 1 aromatic heterocycles. The van der Waals surface area contributed by atoms with Crippen molar-refractivity contribution in [3.8, 4) is 0 Å². The maximum absolute atomic E-state index is 13.3. The number of halogens is 1. The summed E-state index contributed by atoms with van der Waals surface area (Å²) in [5, 5.41) is 11.9. The molecular formula is C20H14BrN3O3S. The molecule has 0 atom stereocenters. The lowest BCUT2D eigenvalue weighted by molar-refractivity contribution is -0.384. The smallest absolute Gasteiger partial charge is 0.271 e. The minimum Gasteiger partial charge on any atom is -0.307 e. The highest BCUT2D eigenvalue weighted by atomic mass is 79.9. The standard InChI is InChI=1S/C20H14BrN3O3S/c21-14-6-8-19(22-12-14)28-18-4-2-1-3-16(18)20(25)23-10-9-13-5-7-15(24(26)27)11-17(13)23/h1-8,11-12H,9-10H2. The van der Waals surface area contributed by atoms with Crippen molar-refractivity contribution < 1.29 is 9.72 Å². The van der Waals surface area contributed by atoms with Gasteiger partial charge >= 0.3 is 0 Å². The van der Waals surface area contributed by atoms with Crippen molar-refractivity contribution in [3.63, 3.8) is 0 Å². The topological polar surface area (TPSA) is 76.3 Å². The summed E-state index contributed by atoms with van der Waals surface area (Å²) in [4.78, 5) is 30.7. The largest absolute Gasteiger partial charge is 0.307 e.